The number of benzene rings is 2. The van der Waals surface area contributed by atoms with Crippen molar-refractivity contribution in [2.75, 3.05) is 18.9 Å². The summed E-state index contributed by atoms with van der Waals surface area (Å²) in [4.78, 5) is 0. The average Bonchev–Trinajstić information content (AvgIpc) is 3.20. The summed E-state index contributed by atoms with van der Waals surface area (Å²) < 4.78 is 2.39. The fourth-order valence-electron chi connectivity index (χ4n) is 4.44. The van der Waals surface area contributed by atoms with Crippen LogP contribution in [0.25, 0.3) is 5.69 Å². The molecule has 0 saturated heterocycles. The summed E-state index contributed by atoms with van der Waals surface area (Å²) in [6.07, 6.45) is 6.66. The van der Waals surface area contributed by atoms with Gasteiger partial charge in [0.1, 0.15) is 0 Å². The van der Waals surface area contributed by atoms with E-state index in [9.17, 15) is 0 Å². The minimum absolute atomic E-state index is 0.0422. The van der Waals surface area contributed by atoms with Crippen molar-refractivity contribution in [3.05, 3.63) is 83.2 Å². The summed E-state index contributed by atoms with van der Waals surface area (Å²) in [6.45, 7) is 5.30. The lowest BCUT2D eigenvalue weighted by Gasteiger charge is -2.41. The molecule has 2 N–H and O–H groups in total. The number of hydrogen-bond acceptors (Lipinski definition) is 2. The molecule has 0 amide bonds. The summed E-state index contributed by atoms with van der Waals surface area (Å²) in [7, 11) is 2.04. The molecule has 3 nitrogen and oxygen atoms in total. The van der Waals surface area contributed by atoms with E-state index in [1.165, 1.54) is 33.8 Å². The van der Waals surface area contributed by atoms with Crippen LogP contribution >= 0.6 is 0 Å². The molecule has 3 heteroatoms. The molecule has 3 aromatic rings. The zero-order valence-electron chi connectivity index (χ0n) is 17.3. The van der Waals surface area contributed by atoms with E-state index in [4.69, 9.17) is 0 Å². The Morgan fingerprint density at radius 3 is 2.54 bits per heavy atom. The van der Waals surface area contributed by atoms with Gasteiger partial charge in [0.25, 0.3) is 0 Å². The van der Waals surface area contributed by atoms with E-state index in [-0.39, 0.29) is 5.54 Å². The Kier molecular flexibility index (Phi) is 5.27. The van der Waals surface area contributed by atoms with Crippen LogP contribution in [0.2, 0.25) is 0 Å². The van der Waals surface area contributed by atoms with Crippen molar-refractivity contribution >= 4 is 5.69 Å². The number of rotatable bonds is 7. The van der Waals surface area contributed by atoms with Crippen molar-refractivity contribution in [3.63, 3.8) is 0 Å². The highest BCUT2D eigenvalue weighted by molar-refractivity contribution is 5.67. The highest BCUT2D eigenvalue weighted by Gasteiger charge is 2.37. The van der Waals surface area contributed by atoms with Crippen molar-refractivity contribution in [2.45, 2.75) is 45.1 Å². The second kappa shape index (κ2) is 7.84. The normalized spacial score (nSPS) is 17.7. The number of hydrogen-bond donors (Lipinski definition) is 2. The molecular formula is C25H31N3. The molecule has 1 atom stereocenters. The standard InChI is InChI=1S/C25H31N3/c1-19-8-11-21(12-9-19)6-4-14-25(15-16-26-3)24-7-5-17-28(24)23-18-20(2)10-13-22(23)27-25/h5,7-13,17-18,26-27H,4,6,14-16H2,1-3H3. The maximum Gasteiger partial charge on any atom is 0.0792 e. The number of aromatic nitrogens is 1. The highest BCUT2D eigenvalue weighted by Crippen LogP contribution is 2.42. The van der Waals surface area contributed by atoms with Crippen LogP contribution in [0.15, 0.2) is 60.8 Å². The minimum atomic E-state index is -0.0422. The van der Waals surface area contributed by atoms with Crippen LogP contribution in [0.4, 0.5) is 5.69 Å². The van der Waals surface area contributed by atoms with Crippen molar-refractivity contribution in [1.29, 1.82) is 0 Å². The number of nitrogens with one attached hydrogen (secondary N) is 2. The van der Waals surface area contributed by atoms with Gasteiger partial charge < -0.3 is 15.2 Å². The van der Waals surface area contributed by atoms with Crippen LogP contribution in [0.3, 0.4) is 0 Å². The number of nitrogens with zero attached hydrogens (tertiary/aromatic N) is 1. The maximum atomic E-state index is 3.95. The molecular weight excluding hydrogens is 342 g/mol. The average molecular weight is 374 g/mol. The Bertz CT molecular complexity index is 939. The van der Waals surface area contributed by atoms with Crippen molar-refractivity contribution in [3.8, 4) is 5.69 Å². The lowest BCUT2D eigenvalue weighted by Crippen LogP contribution is -2.42. The first-order valence-electron chi connectivity index (χ1n) is 10.4. The largest absolute Gasteiger partial charge is 0.372 e. The summed E-state index contributed by atoms with van der Waals surface area (Å²) in [5.41, 5.74) is 7.88. The van der Waals surface area contributed by atoms with Gasteiger partial charge >= 0.3 is 0 Å². The molecule has 1 aliphatic rings. The second-order valence-electron chi connectivity index (χ2n) is 8.18. The van der Waals surface area contributed by atoms with Crippen LogP contribution in [0, 0.1) is 13.8 Å². The number of fused-ring (bicyclic) bond motifs is 3. The molecule has 4 rings (SSSR count). The molecule has 0 fully saturated rings. The van der Waals surface area contributed by atoms with Crippen molar-refractivity contribution in [1.82, 2.24) is 9.88 Å². The smallest absolute Gasteiger partial charge is 0.0792 e. The summed E-state index contributed by atoms with van der Waals surface area (Å²) in [5.74, 6) is 0. The van der Waals surface area contributed by atoms with Gasteiger partial charge in [0.15, 0.2) is 0 Å². The second-order valence-corrected chi connectivity index (χ2v) is 8.18. The lowest BCUT2D eigenvalue weighted by molar-refractivity contribution is 0.376. The lowest BCUT2D eigenvalue weighted by atomic mass is 9.83. The van der Waals surface area contributed by atoms with Gasteiger partial charge in [-0.1, -0.05) is 35.9 Å². The number of aryl methyl sites for hydroxylation is 3. The first-order chi connectivity index (χ1) is 13.6. The van der Waals surface area contributed by atoms with E-state index in [1.807, 2.05) is 7.05 Å². The number of anilines is 1. The first-order valence-corrected chi connectivity index (χ1v) is 10.4. The highest BCUT2D eigenvalue weighted by atomic mass is 15.1. The SMILES string of the molecule is CNCCC1(CCCc2ccc(C)cc2)Nc2ccc(C)cc2-n2cccc21. The molecule has 0 spiro atoms. The molecule has 28 heavy (non-hydrogen) atoms. The Morgan fingerprint density at radius 1 is 0.964 bits per heavy atom. The molecule has 0 aliphatic carbocycles. The molecule has 2 aromatic carbocycles. The predicted molar refractivity (Wildman–Crippen MR) is 118 cm³/mol. The van der Waals surface area contributed by atoms with Gasteiger partial charge in [-0.25, -0.2) is 0 Å². The molecule has 0 bridgehead atoms. The maximum absolute atomic E-state index is 3.95. The topological polar surface area (TPSA) is 29.0 Å². The van der Waals surface area contributed by atoms with Crippen molar-refractivity contribution in [2.24, 2.45) is 0 Å². The predicted octanol–water partition coefficient (Wildman–Crippen LogP) is 5.35. The van der Waals surface area contributed by atoms with Crippen LogP contribution in [0.1, 0.15) is 41.6 Å². The third-order valence-electron chi connectivity index (χ3n) is 6.02. The van der Waals surface area contributed by atoms with E-state index in [0.717, 1.165) is 32.2 Å². The Hall–Kier alpha value is -2.52. The third-order valence-corrected chi connectivity index (χ3v) is 6.02. The monoisotopic (exact) mass is 373 g/mol. The first kappa shape index (κ1) is 18.8. The van der Waals surface area contributed by atoms with Gasteiger partial charge in [0.2, 0.25) is 0 Å². The fraction of sp³-hybridized carbons (Fsp3) is 0.360. The van der Waals surface area contributed by atoms with Crippen LogP contribution < -0.4 is 10.6 Å². The zero-order valence-corrected chi connectivity index (χ0v) is 17.3. The van der Waals surface area contributed by atoms with Gasteiger partial charge in [-0.2, -0.15) is 0 Å². The van der Waals surface area contributed by atoms with Gasteiger partial charge in [0, 0.05) is 11.9 Å². The van der Waals surface area contributed by atoms with Gasteiger partial charge in [0.05, 0.1) is 16.9 Å². The van der Waals surface area contributed by atoms with Crippen LogP contribution in [-0.4, -0.2) is 18.2 Å². The Labute approximate surface area is 168 Å². The van der Waals surface area contributed by atoms with E-state index < -0.39 is 0 Å². The minimum Gasteiger partial charge on any atom is -0.372 e. The molecule has 1 aromatic heterocycles. The van der Waals surface area contributed by atoms with Gasteiger partial charge in [-0.05, 0) is 88.5 Å². The molecule has 1 unspecified atom stereocenters. The third kappa shape index (κ3) is 3.59. The summed E-state index contributed by atoms with van der Waals surface area (Å²) >= 11 is 0. The van der Waals surface area contributed by atoms with Crippen molar-refractivity contribution < 1.29 is 0 Å². The van der Waals surface area contributed by atoms with Crippen LogP contribution in [-0.2, 0) is 12.0 Å². The Morgan fingerprint density at radius 2 is 1.75 bits per heavy atom. The fourth-order valence-corrected chi connectivity index (χ4v) is 4.44. The van der Waals surface area contributed by atoms with E-state index in [1.54, 1.807) is 0 Å². The molecule has 0 radical (unpaired) electrons. The quantitative estimate of drug-likeness (QED) is 0.585. The van der Waals surface area contributed by atoms with E-state index in [2.05, 4.69) is 89.8 Å². The molecule has 146 valence electrons. The molecule has 1 aliphatic heterocycles. The van der Waals surface area contributed by atoms with Crippen LogP contribution in [0.5, 0.6) is 0 Å². The molecule has 2 heterocycles. The summed E-state index contributed by atoms with van der Waals surface area (Å²) in [5, 5.41) is 7.31. The van der Waals surface area contributed by atoms with Gasteiger partial charge in [-0.15, -0.1) is 0 Å². The zero-order chi connectivity index (χ0) is 19.6. The Balaban J connectivity index is 1.62. The summed E-state index contributed by atoms with van der Waals surface area (Å²) in [6, 6.07) is 20.2. The molecule has 0 saturated carbocycles. The van der Waals surface area contributed by atoms with E-state index >= 15 is 0 Å². The van der Waals surface area contributed by atoms with Gasteiger partial charge in [-0.3, -0.25) is 0 Å². The van der Waals surface area contributed by atoms with E-state index in [0.29, 0.717) is 0 Å².